The predicted octanol–water partition coefficient (Wildman–Crippen LogP) is 0.471. The first kappa shape index (κ1) is 12.6. The smallest absolute Gasteiger partial charge is 0.272 e. The molecule has 20 heavy (non-hydrogen) atoms. The van der Waals surface area contributed by atoms with Gasteiger partial charge in [-0.25, -0.2) is 15.0 Å². The van der Waals surface area contributed by atoms with E-state index in [0.29, 0.717) is 18.8 Å². The number of nitrogens with one attached hydrogen (secondary N) is 1. The summed E-state index contributed by atoms with van der Waals surface area (Å²) in [5, 5.41) is 0. The van der Waals surface area contributed by atoms with Crippen LogP contribution in [-0.2, 0) is 0 Å². The van der Waals surface area contributed by atoms with Crippen molar-refractivity contribution in [2.45, 2.75) is 6.92 Å². The number of hydrogen-bond donors (Lipinski definition) is 1. The number of H-pyrrole nitrogens is 1. The number of carbonyl (C=O) groups is 1. The predicted molar refractivity (Wildman–Crippen MR) is 73.5 cm³/mol. The summed E-state index contributed by atoms with van der Waals surface area (Å²) in [4.78, 5) is 31.7. The van der Waals surface area contributed by atoms with Gasteiger partial charge in [-0.1, -0.05) is 0 Å². The maximum atomic E-state index is 12.3. The highest BCUT2D eigenvalue weighted by molar-refractivity contribution is 5.92. The molecule has 0 radical (unpaired) electrons. The Morgan fingerprint density at radius 2 is 1.85 bits per heavy atom. The van der Waals surface area contributed by atoms with Crippen molar-refractivity contribution in [3.8, 4) is 0 Å². The number of aromatic amines is 1. The molecule has 3 heterocycles. The zero-order chi connectivity index (χ0) is 13.9. The minimum atomic E-state index is -0.000713. The van der Waals surface area contributed by atoms with Crippen molar-refractivity contribution in [1.82, 2.24) is 24.8 Å². The minimum absolute atomic E-state index is 0.000713. The second-order valence-electron chi connectivity index (χ2n) is 4.71. The van der Waals surface area contributed by atoms with Gasteiger partial charge < -0.3 is 14.8 Å². The van der Waals surface area contributed by atoms with E-state index in [1.54, 1.807) is 24.7 Å². The van der Waals surface area contributed by atoms with E-state index in [-0.39, 0.29) is 5.91 Å². The van der Waals surface area contributed by atoms with Crippen LogP contribution in [0.15, 0.2) is 24.7 Å². The van der Waals surface area contributed by atoms with Crippen molar-refractivity contribution >= 4 is 11.9 Å². The molecule has 0 unspecified atom stereocenters. The lowest BCUT2D eigenvalue weighted by Gasteiger charge is -2.34. The molecule has 1 N–H and O–H groups in total. The minimum Gasteiger partial charge on any atom is -0.338 e. The van der Waals surface area contributed by atoms with Gasteiger partial charge >= 0.3 is 0 Å². The average Bonchev–Trinajstić information content (AvgIpc) is 2.94. The zero-order valence-corrected chi connectivity index (χ0v) is 11.3. The lowest BCUT2D eigenvalue weighted by atomic mass is 10.3. The van der Waals surface area contributed by atoms with Gasteiger partial charge in [-0.05, 0) is 13.0 Å². The van der Waals surface area contributed by atoms with Crippen LogP contribution in [0.25, 0.3) is 0 Å². The molecule has 104 valence electrons. The number of amides is 1. The summed E-state index contributed by atoms with van der Waals surface area (Å²) in [5.41, 5.74) is 0.548. The maximum absolute atomic E-state index is 12.3. The van der Waals surface area contributed by atoms with Crippen LogP contribution in [0.5, 0.6) is 0 Å². The van der Waals surface area contributed by atoms with Crippen LogP contribution in [0.3, 0.4) is 0 Å². The van der Waals surface area contributed by atoms with Gasteiger partial charge in [-0.15, -0.1) is 0 Å². The quantitative estimate of drug-likeness (QED) is 0.860. The molecule has 0 saturated carbocycles. The van der Waals surface area contributed by atoms with E-state index in [4.69, 9.17) is 0 Å². The molecule has 0 bridgehead atoms. The van der Waals surface area contributed by atoms with Crippen molar-refractivity contribution in [2.24, 2.45) is 0 Å². The van der Waals surface area contributed by atoms with E-state index in [9.17, 15) is 4.79 Å². The fraction of sp³-hybridized carbons (Fsp3) is 0.385. The number of rotatable bonds is 2. The summed E-state index contributed by atoms with van der Waals surface area (Å²) in [7, 11) is 0. The fourth-order valence-corrected chi connectivity index (χ4v) is 2.26. The van der Waals surface area contributed by atoms with Gasteiger partial charge in [-0.3, -0.25) is 4.79 Å². The van der Waals surface area contributed by atoms with Crippen molar-refractivity contribution in [3.05, 3.63) is 36.2 Å². The molecule has 2 aromatic heterocycles. The van der Waals surface area contributed by atoms with Gasteiger partial charge in [0.1, 0.15) is 11.5 Å². The Bertz CT molecular complexity index is 588. The zero-order valence-electron chi connectivity index (χ0n) is 11.3. The Labute approximate surface area is 116 Å². The molecule has 7 heteroatoms. The molecular weight excluding hydrogens is 256 g/mol. The van der Waals surface area contributed by atoms with E-state index >= 15 is 0 Å². The lowest BCUT2D eigenvalue weighted by molar-refractivity contribution is 0.0741. The first-order chi connectivity index (χ1) is 9.74. The highest BCUT2D eigenvalue weighted by Crippen LogP contribution is 2.11. The first-order valence-electron chi connectivity index (χ1n) is 6.57. The summed E-state index contributed by atoms with van der Waals surface area (Å²) in [6.07, 6.45) is 5.05. The Morgan fingerprint density at radius 3 is 2.45 bits per heavy atom. The van der Waals surface area contributed by atoms with Crippen molar-refractivity contribution in [1.29, 1.82) is 0 Å². The van der Waals surface area contributed by atoms with E-state index in [2.05, 4.69) is 24.8 Å². The summed E-state index contributed by atoms with van der Waals surface area (Å²) in [5.74, 6) is 1.47. The average molecular weight is 272 g/mol. The Balaban J connectivity index is 1.63. The summed E-state index contributed by atoms with van der Waals surface area (Å²) in [6.45, 7) is 4.64. The number of aromatic nitrogens is 4. The van der Waals surface area contributed by atoms with Gasteiger partial charge in [0.2, 0.25) is 5.95 Å². The van der Waals surface area contributed by atoms with Crippen LogP contribution in [0.2, 0.25) is 0 Å². The molecule has 7 nitrogen and oxygen atoms in total. The van der Waals surface area contributed by atoms with Crippen LogP contribution in [-0.4, -0.2) is 56.9 Å². The molecule has 1 aliphatic rings. The molecule has 0 atom stereocenters. The monoisotopic (exact) mass is 272 g/mol. The van der Waals surface area contributed by atoms with Crippen LogP contribution >= 0.6 is 0 Å². The molecule has 1 fully saturated rings. The topological polar surface area (TPSA) is 78.0 Å². The maximum Gasteiger partial charge on any atom is 0.272 e. The molecule has 0 aromatic carbocycles. The van der Waals surface area contributed by atoms with Crippen molar-refractivity contribution in [3.63, 3.8) is 0 Å². The second-order valence-corrected chi connectivity index (χ2v) is 4.71. The number of anilines is 1. The number of nitrogens with zero attached hydrogens (tertiary/aromatic N) is 5. The third-order valence-corrected chi connectivity index (χ3v) is 3.34. The molecule has 1 amide bonds. The second kappa shape index (κ2) is 5.28. The van der Waals surface area contributed by atoms with Gasteiger partial charge in [0.05, 0.1) is 6.20 Å². The highest BCUT2D eigenvalue weighted by atomic mass is 16.2. The molecule has 3 rings (SSSR count). The van der Waals surface area contributed by atoms with E-state index in [1.165, 1.54) is 0 Å². The third-order valence-electron chi connectivity index (χ3n) is 3.34. The Morgan fingerprint density at radius 1 is 1.15 bits per heavy atom. The number of aryl methyl sites for hydroxylation is 1. The first-order valence-corrected chi connectivity index (χ1v) is 6.57. The number of hydrogen-bond acceptors (Lipinski definition) is 5. The molecule has 0 spiro atoms. The van der Waals surface area contributed by atoms with E-state index in [1.807, 2.05) is 11.8 Å². The molecule has 0 aliphatic carbocycles. The highest BCUT2D eigenvalue weighted by Gasteiger charge is 2.24. The van der Waals surface area contributed by atoms with Crippen LogP contribution in [0.1, 0.15) is 16.3 Å². The third kappa shape index (κ3) is 2.47. The lowest BCUT2D eigenvalue weighted by Crippen LogP contribution is -2.49. The Kier molecular flexibility index (Phi) is 3.32. The van der Waals surface area contributed by atoms with Crippen molar-refractivity contribution < 1.29 is 4.79 Å². The van der Waals surface area contributed by atoms with Crippen LogP contribution < -0.4 is 4.90 Å². The fourth-order valence-electron chi connectivity index (χ4n) is 2.26. The number of piperazine rings is 1. The van der Waals surface area contributed by atoms with Crippen LogP contribution in [0, 0.1) is 6.92 Å². The molecule has 2 aromatic rings. The molecule has 1 aliphatic heterocycles. The van der Waals surface area contributed by atoms with E-state index in [0.717, 1.165) is 24.9 Å². The Hall–Kier alpha value is -2.44. The number of imidazole rings is 1. The van der Waals surface area contributed by atoms with Gasteiger partial charge in [-0.2, -0.15) is 0 Å². The van der Waals surface area contributed by atoms with Crippen LogP contribution in [0.4, 0.5) is 5.95 Å². The van der Waals surface area contributed by atoms with Gasteiger partial charge in [0.25, 0.3) is 5.91 Å². The summed E-state index contributed by atoms with van der Waals surface area (Å²) in [6, 6.07) is 1.80. The molecule has 1 saturated heterocycles. The largest absolute Gasteiger partial charge is 0.338 e. The molecular formula is C13H16N6O. The van der Waals surface area contributed by atoms with Gasteiger partial charge in [0.15, 0.2) is 0 Å². The summed E-state index contributed by atoms with van der Waals surface area (Å²) >= 11 is 0. The SMILES string of the molecule is Cc1ncc(C(=O)N2CCN(c3ncccn3)CC2)[nH]1. The van der Waals surface area contributed by atoms with E-state index < -0.39 is 0 Å². The normalized spacial score (nSPS) is 15.4. The standard InChI is InChI=1S/C13H16N6O/c1-10-16-9-11(17-10)12(20)18-5-7-19(8-6-18)13-14-3-2-4-15-13/h2-4,9H,5-8H2,1H3,(H,16,17). The van der Waals surface area contributed by atoms with Gasteiger partial charge in [0, 0.05) is 38.6 Å². The summed E-state index contributed by atoms with van der Waals surface area (Å²) < 4.78 is 0. The van der Waals surface area contributed by atoms with Crippen molar-refractivity contribution in [2.75, 3.05) is 31.1 Å². The number of carbonyl (C=O) groups excluding carboxylic acids is 1.